The SMILES string of the molecule is CCC1(O)CN(C(=O)Cc2ccccc2F)C1. The third kappa shape index (κ3) is 2.47. The lowest BCUT2D eigenvalue weighted by Crippen LogP contribution is -2.63. The second kappa shape index (κ2) is 4.45. The number of rotatable bonds is 3. The van der Waals surface area contributed by atoms with E-state index >= 15 is 0 Å². The van der Waals surface area contributed by atoms with Crippen LogP contribution in [-0.4, -0.2) is 34.6 Å². The predicted octanol–water partition coefficient (Wildman–Crippen LogP) is 1.35. The largest absolute Gasteiger partial charge is 0.386 e. The number of likely N-dealkylation sites (tertiary alicyclic amines) is 1. The highest BCUT2D eigenvalue weighted by Gasteiger charge is 2.41. The minimum atomic E-state index is -0.731. The van der Waals surface area contributed by atoms with Gasteiger partial charge in [-0.1, -0.05) is 25.1 Å². The summed E-state index contributed by atoms with van der Waals surface area (Å²) in [5, 5.41) is 9.79. The molecule has 1 heterocycles. The second-order valence-electron chi connectivity index (χ2n) is 4.60. The van der Waals surface area contributed by atoms with E-state index in [4.69, 9.17) is 0 Å². The third-order valence-electron chi connectivity index (χ3n) is 3.28. The first-order chi connectivity index (χ1) is 8.04. The van der Waals surface area contributed by atoms with E-state index in [9.17, 15) is 14.3 Å². The Kier molecular flexibility index (Phi) is 3.15. The van der Waals surface area contributed by atoms with Gasteiger partial charge in [-0.25, -0.2) is 4.39 Å². The molecule has 1 aromatic rings. The van der Waals surface area contributed by atoms with E-state index in [1.165, 1.54) is 6.07 Å². The van der Waals surface area contributed by atoms with E-state index in [0.717, 1.165) is 0 Å². The van der Waals surface area contributed by atoms with Crippen LogP contribution in [0.4, 0.5) is 4.39 Å². The molecular weight excluding hydrogens is 221 g/mol. The molecule has 1 aromatic carbocycles. The Bertz CT molecular complexity index is 427. The van der Waals surface area contributed by atoms with Crippen molar-refractivity contribution in [3.63, 3.8) is 0 Å². The lowest BCUT2D eigenvalue weighted by atomic mass is 9.91. The van der Waals surface area contributed by atoms with Crippen molar-refractivity contribution in [3.8, 4) is 0 Å². The Morgan fingerprint density at radius 2 is 2.12 bits per heavy atom. The number of amides is 1. The monoisotopic (exact) mass is 237 g/mol. The third-order valence-corrected chi connectivity index (χ3v) is 3.28. The maximum absolute atomic E-state index is 13.3. The molecule has 1 amide bonds. The minimum absolute atomic E-state index is 0.0620. The summed E-state index contributed by atoms with van der Waals surface area (Å²) in [5.41, 5.74) is -0.324. The first-order valence-corrected chi connectivity index (χ1v) is 5.77. The molecule has 0 unspecified atom stereocenters. The van der Waals surface area contributed by atoms with E-state index in [1.807, 2.05) is 6.92 Å². The number of carbonyl (C=O) groups is 1. The average Bonchev–Trinajstić information content (AvgIpc) is 2.28. The highest BCUT2D eigenvalue weighted by atomic mass is 19.1. The van der Waals surface area contributed by atoms with Crippen LogP contribution in [0.25, 0.3) is 0 Å². The molecule has 0 radical (unpaired) electrons. The van der Waals surface area contributed by atoms with Gasteiger partial charge in [-0.15, -0.1) is 0 Å². The fourth-order valence-electron chi connectivity index (χ4n) is 1.98. The summed E-state index contributed by atoms with van der Waals surface area (Å²) in [6, 6.07) is 6.27. The lowest BCUT2D eigenvalue weighted by molar-refractivity contribution is -0.155. The number of hydrogen-bond acceptors (Lipinski definition) is 2. The van der Waals surface area contributed by atoms with Gasteiger partial charge < -0.3 is 10.0 Å². The van der Waals surface area contributed by atoms with E-state index < -0.39 is 5.60 Å². The maximum atomic E-state index is 13.3. The van der Waals surface area contributed by atoms with Crippen molar-refractivity contribution in [2.45, 2.75) is 25.4 Å². The number of benzene rings is 1. The van der Waals surface area contributed by atoms with Crippen LogP contribution in [0.5, 0.6) is 0 Å². The Hall–Kier alpha value is -1.42. The van der Waals surface area contributed by atoms with Gasteiger partial charge in [-0.2, -0.15) is 0 Å². The van der Waals surface area contributed by atoms with Crippen molar-refractivity contribution in [1.29, 1.82) is 0 Å². The molecule has 0 aliphatic carbocycles. The van der Waals surface area contributed by atoms with Crippen LogP contribution in [0.2, 0.25) is 0 Å². The summed E-state index contributed by atoms with van der Waals surface area (Å²) in [7, 11) is 0. The predicted molar refractivity (Wildman–Crippen MR) is 61.9 cm³/mol. The first-order valence-electron chi connectivity index (χ1n) is 5.77. The van der Waals surface area contributed by atoms with E-state index in [2.05, 4.69) is 0 Å². The Morgan fingerprint density at radius 3 is 2.71 bits per heavy atom. The van der Waals surface area contributed by atoms with Gasteiger partial charge in [0.2, 0.25) is 5.91 Å². The van der Waals surface area contributed by atoms with E-state index in [1.54, 1.807) is 23.1 Å². The lowest BCUT2D eigenvalue weighted by Gasteiger charge is -2.46. The topological polar surface area (TPSA) is 40.5 Å². The number of hydrogen-bond donors (Lipinski definition) is 1. The van der Waals surface area contributed by atoms with Crippen LogP contribution < -0.4 is 0 Å². The molecule has 0 atom stereocenters. The Balaban J connectivity index is 1.94. The fraction of sp³-hybridized carbons (Fsp3) is 0.462. The maximum Gasteiger partial charge on any atom is 0.227 e. The molecule has 1 N–H and O–H groups in total. The summed E-state index contributed by atoms with van der Waals surface area (Å²) in [6.07, 6.45) is 0.697. The van der Waals surface area contributed by atoms with Gasteiger partial charge in [0.05, 0.1) is 25.1 Å². The molecule has 1 fully saturated rings. The fourth-order valence-corrected chi connectivity index (χ4v) is 1.98. The number of aliphatic hydroxyl groups is 1. The van der Waals surface area contributed by atoms with Gasteiger partial charge in [0, 0.05) is 0 Å². The number of halogens is 1. The van der Waals surface area contributed by atoms with Gasteiger partial charge in [-0.3, -0.25) is 4.79 Å². The quantitative estimate of drug-likeness (QED) is 0.862. The molecule has 1 aliphatic rings. The highest BCUT2D eigenvalue weighted by molar-refractivity contribution is 5.80. The van der Waals surface area contributed by atoms with Gasteiger partial charge in [0.25, 0.3) is 0 Å². The van der Waals surface area contributed by atoms with Gasteiger partial charge in [0.15, 0.2) is 0 Å². The molecule has 1 saturated heterocycles. The zero-order valence-electron chi connectivity index (χ0n) is 9.82. The summed E-state index contributed by atoms with van der Waals surface area (Å²) < 4.78 is 13.3. The normalized spacial score (nSPS) is 17.7. The van der Waals surface area contributed by atoms with Crippen molar-refractivity contribution in [2.24, 2.45) is 0 Å². The van der Waals surface area contributed by atoms with E-state index in [0.29, 0.717) is 25.1 Å². The number of β-amino-alcohol motifs (C(OH)–C–C–N with tert-alkyl or cyclic N) is 1. The number of carbonyl (C=O) groups excluding carboxylic acids is 1. The molecule has 4 heteroatoms. The molecule has 0 aromatic heterocycles. The van der Waals surface area contributed by atoms with Crippen molar-refractivity contribution in [3.05, 3.63) is 35.6 Å². The van der Waals surface area contributed by atoms with Gasteiger partial charge in [-0.05, 0) is 18.1 Å². The van der Waals surface area contributed by atoms with Crippen LogP contribution in [0.1, 0.15) is 18.9 Å². The molecule has 0 saturated carbocycles. The minimum Gasteiger partial charge on any atom is -0.386 e. The van der Waals surface area contributed by atoms with Crippen LogP contribution in [0, 0.1) is 5.82 Å². The standard InChI is InChI=1S/C13H16FNO2/c1-2-13(17)8-15(9-13)12(16)7-10-5-3-4-6-11(10)14/h3-6,17H,2,7-9H2,1H3. The summed E-state index contributed by atoms with van der Waals surface area (Å²) in [6.45, 7) is 2.60. The highest BCUT2D eigenvalue weighted by Crippen LogP contribution is 2.24. The average molecular weight is 237 g/mol. The van der Waals surface area contributed by atoms with Crippen molar-refractivity contribution < 1.29 is 14.3 Å². The van der Waals surface area contributed by atoms with Crippen molar-refractivity contribution in [2.75, 3.05) is 13.1 Å². The van der Waals surface area contributed by atoms with Crippen LogP contribution in [0.3, 0.4) is 0 Å². The molecule has 17 heavy (non-hydrogen) atoms. The van der Waals surface area contributed by atoms with Crippen LogP contribution in [-0.2, 0) is 11.2 Å². The molecule has 3 nitrogen and oxygen atoms in total. The molecular formula is C13H16FNO2. The Labute approximate surface area is 99.9 Å². The van der Waals surface area contributed by atoms with Gasteiger partial charge >= 0.3 is 0 Å². The second-order valence-corrected chi connectivity index (χ2v) is 4.60. The molecule has 0 spiro atoms. The zero-order chi connectivity index (χ0) is 12.5. The van der Waals surface area contributed by atoms with E-state index in [-0.39, 0.29) is 18.1 Å². The van der Waals surface area contributed by atoms with Crippen molar-refractivity contribution in [1.82, 2.24) is 4.90 Å². The van der Waals surface area contributed by atoms with Gasteiger partial charge in [0.1, 0.15) is 5.82 Å². The van der Waals surface area contributed by atoms with Crippen LogP contribution >= 0.6 is 0 Å². The zero-order valence-corrected chi connectivity index (χ0v) is 9.82. The molecule has 92 valence electrons. The number of nitrogens with zero attached hydrogens (tertiary/aromatic N) is 1. The molecule has 2 rings (SSSR count). The van der Waals surface area contributed by atoms with Crippen LogP contribution in [0.15, 0.2) is 24.3 Å². The first kappa shape index (κ1) is 12.0. The summed E-state index contributed by atoms with van der Waals surface area (Å²) >= 11 is 0. The summed E-state index contributed by atoms with van der Waals surface area (Å²) in [4.78, 5) is 13.4. The molecule has 0 bridgehead atoms. The molecule has 1 aliphatic heterocycles. The van der Waals surface area contributed by atoms with Crippen molar-refractivity contribution >= 4 is 5.91 Å². The smallest absolute Gasteiger partial charge is 0.227 e. The summed E-state index contributed by atoms with van der Waals surface area (Å²) in [5.74, 6) is -0.486. The Morgan fingerprint density at radius 1 is 1.47 bits per heavy atom.